The number of halogens is 2. The third kappa shape index (κ3) is 4.82. The molecule has 1 amide bonds. The van der Waals surface area contributed by atoms with Crippen molar-refractivity contribution in [1.82, 2.24) is 10.2 Å². The van der Waals surface area contributed by atoms with Crippen molar-refractivity contribution in [2.75, 3.05) is 5.32 Å². The van der Waals surface area contributed by atoms with E-state index in [0.29, 0.717) is 11.4 Å². The highest BCUT2D eigenvalue weighted by Gasteiger charge is 2.18. The molecule has 3 aromatic rings. The zero-order valence-corrected chi connectivity index (χ0v) is 18.9. The van der Waals surface area contributed by atoms with Crippen molar-refractivity contribution in [2.24, 2.45) is 10.7 Å². The predicted molar refractivity (Wildman–Crippen MR) is 128 cm³/mol. The Bertz CT molecular complexity index is 1030. The number of phenolic OH excluding ortho intramolecular Hbond substituents is 1. The van der Waals surface area contributed by atoms with Gasteiger partial charge in [-0.2, -0.15) is 5.10 Å². The Kier molecular flexibility index (Phi) is 6.88. The zero-order valence-electron chi connectivity index (χ0n) is 14.6. The summed E-state index contributed by atoms with van der Waals surface area (Å²) >= 11 is 4.53. The Morgan fingerprint density at radius 3 is 2.68 bits per heavy atom. The fourth-order valence-corrected chi connectivity index (χ4v) is 3.50. The second kappa shape index (κ2) is 9.37. The van der Waals surface area contributed by atoms with E-state index in [9.17, 15) is 9.90 Å². The van der Waals surface area contributed by atoms with Crippen molar-refractivity contribution in [2.45, 2.75) is 8.86 Å². The van der Waals surface area contributed by atoms with Crippen LogP contribution < -0.4 is 11.1 Å². The summed E-state index contributed by atoms with van der Waals surface area (Å²) in [6.45, 7) is 0. The van der Waals surface area contributed by atoms with Crippen LogP contribution in [0.15, 0.2) is 47.5 Å². The van der Waals surface area contributed by atoms with Gasteiger partial charge in [-0.15, -0.1) is 0 Å². The third-order valence-electron chi connectivity index (χ3n) is 3.92. The highest BCUT2D eigenvalue weighted by molar-refractivity contribution is 14.1. The quantitative estimate of drug-likeness (QED) is 0.180. The molecule has 0 fully saturated rings. The molecule has 2 aromatic carbocycles. The van der Waals surface area contributed by atoms with Gasteiger partial charge in [0.05, 0.1) is 0 Å². The van der Waals surface area contributed by atoms with Crippen LogP contribution in [-0.4, -0.2) is 27.4 Å². The summed E-state index contributed by atoms with van der Waals surface area (Å²) < 4.78 is 1.67. The van der Waals surface area contributed by atoms with Crippen molar-refractivity contribution in [3.8, 4) is 5.75 Å². The Morgan fingerprint density at radius 2 is 1.96 bits per heavy atom. The van der Waals surface area contributed by atoms with E-state index in [4.69, 9.17) is 5.73 Å². The summed E-state index contributed by atoms with van der Waals surface area (Å²) in [5, 5.41) is 20.0. The van der Waals surface area contributed by atoms with Crippen LogP contribution in [0.4, 0.5) is 17.3 Å². The Hall–Kier alpha value is -2.15. The van der Waals surface area contributed by atoms with Crippen molar-refractivity contribution in [3.05, 3.63) is 64.7 Å². The van der Waals surface area contributed by atoms with Gasteiger partial charge in [-0.1, -0.05) is 63.4 Å². The van der Waals surface area contributed by atoms with Gasteiger partial charge in [0.1, 0.15) is 17.1 Å². The molecule has 0 radical (unpaired) electrons. The number of carbonyl (C=O) groups excluding carboxylic acids is 1. The normalized spacial score (nSPS) is 11.1. The number of aromatic hydroxyl groups is 1. The van der Waals surface area contributed by atoms with Crippen LogP contribution >= 0.6 is 45.2 Å². The molecule has 1 aromatic heterocycles. The van der Waals surface area contributed by atoms with E-state index in [-0.39, 0.29) is 17.1 Å². The number of H-pyrrole nitrogens is 1. The minimum absolute atomic E-state index is 0.0995. The lowest BCUT2D eigenvalue weighted by atomic mass is 10.1. The van der Waals surface area contributed by atoms with Crippen LogP contribution in [0.25, 0.3) is 0 Å². The lowest BCUT2D eigenvalue weighted by Gasteiger charge is -2.06. The molecule has 0 bridgehead atoms. The molecule has 0 aliphatic heterocycles. The summed E-state index contributed by atoms with van der Waals surface area (Å²) in [5.74, 6) is -0.0315. The monoisotopic (exact) mass is 601 g/mol. The van der Waals surface area contributed by atoms with Crippen LogP contribution in [0.3, 0.4) is 0 Å². The van der Waals surface area contributed by atoms with Gasteiger partial charge in [-0.25, -0.2) is 4.99 Å². The van der Waals surface area contributed by atoms with Gasteiger partial charge in [0.25, 0.3) is 5.91 Å². The highest BCUT2D eigenvalue weighted by Crippen LogP contribution is 2.27. The number of hydrogen-bond donors (Lipinski definition) is 4. The van der Waals surface area contributed by atoms with Crippen LogP contribution in [0.1, 0.15) is 27.0 Å². The average molecular weight is 601 g/mol. The van der Waals surface area contributed by atoms with Crippen LogP contribution in [-0.2, 0) is 8.86 Å². The number of hydrogen-bond acceptors (Lipinski definition) is 5. The average Bonchev–Trinajstić information content (AvgIpc) is 3.10. The van der Waals surface area contributed by atoms with E-state index in [2.05, 4.69) is 65.7 Å². The van der Waals surface area contributed by atoms with E-state index in [1.54, 1.807) is 6.07 Å². The summed E-state index contributed by atoms with van der Waals surface area (Å²) in [4.78, 5) is 16.3. The molecule has 0 aliphatic carbocycles. The molecule has 144 valence electrons. The molecule has 7 nitrogen and oxygen atoms in total. The number of nitrogens with one attached hydrogen (secondary N) is 2. The molecule has 0 unspecified atom stereocenters. The lowest BCUT2D eigenvalue weighted by Crippen LogP contribution is -2.12. The maximum absolute atomic E-state index is 12.0. The number of alkyl halides is 2. The number of benzene rings is 2. The Morgan fingerprint density at radius 1 is 1.21 bits per heavy atom. The largest absolute Gasteiger partial charge is 0.507 e. The maximum Gasteiger partial charge on any atom is 0.256 e. The van der Waals surface area contributed by atoms with E-state index >= 15 is 0 Å². The molecule has 3 rings (SSSR count). The number of nitrogens with zero attached hydrogens (tertiary/aromatic N) is 2. The summed E-state index contributed by atoms with van der Waals surface area (Å²) in [6.07, 6.45) is 1.47. The number of carbonyl (C=O) groups is 1. The van der Waals surface area contributed by atoms with Crippen LogP contribution in [0, 0.1) is 0 Å². The molecule has 0 saturated carbocycles. The lowest BCUT2D eigenvalue weighted by molar-refractivity contribution is 0.100. The first kappa shape index (κ1) is 20.6. The summed E-state index contributed by atoms with van der Waals surface area (Å²) in [5.41, 5.74) is 9.25. The number of phenols is 1. The molecular formula is C19H17I2N5O2. The number of aliphatic imine (C=N–C) groups is 1. The number of primary amides is 1. The number of amides is 1. The Balaban J connectivity index is 1.91. The first-order chi connectivity index (χ1) is 13.5. The summed E-state index contributed by atoms with van der Waals surface area (Å²) in [7, 11) is 0. The first-order valence-electron chi connectivity index (χ1n) is 8.24. The minimum atomic E-state index is -0.654. The minimum Gasteiger partial charge on any atom is -0.507 e. The van der Waals surface area contributed by atoms with Gasteiger partial charge in [0, 0.05) is 26.3 Å². The van der Waals surface area contributed by atoms with Gasteiger partial charge in [0.15, 0.2) is 5.82 Å². The van der Waals surface area contributed by atoms with Crippen LogP contribution in [0.5, 0.6) is 5.75 Å². The second-order valence-electron chi connectivity index (χ2n) is 5.91. The number of aromatic nitrogens is 2. The predicted octanol–water partition coefficient (Wildman–Crippen LogP) is 4.58. The van der Waals surface area contributed by atoms with Crippen molar-refractivity contribution in [1.29, 1.82) is 0 Å². The van der Waals surface area contributed by atoms with Gasteiger partial charge in [-0.3, -0.25) is 9.89 Å². The fourth-order valence-electron chi connectivity index (χ4n) is 2.55. The van der Waals surface area contributed by atoms with Gasteiger partial charge in [0.2, 0.25) is 0 Å². The highest BCUT2D eigenvalue weighted by atomic mass is 127. The smallest absolute Gasteiger partial charge is 0.256 e. The molecule has 0 saturated heterocycles. The van der Waals surface area contributed by atoms with E-state index < -0.39 is 5.91 Å². The second-order valence-corrected chi connectivity index (χ2v) is 7.43. The number of anilines is 2. The number of rotatable bonds is 7. The van der Waals surface area contributed by atoms with Crippen molar-refractivity contribution in [3.63, 3.8) is 0 Å². The number of nitrogens with two attached hydrogens (primary N) is 1. The SMILES string of the molecule is NC(=O)c1c(N=Cc2cc(CI)ccc2O)n[nH]c1Nc1cccc(CI)c1. The molecule has 9 heteroatoms. The van der Waals surface area contributed by atoms with Gasteiger partial charge in [-0.05, 0) is 35.4 Å². The van der Waals surface area contributed by atoms with Gasteiger partial charge < -0.3 is 16.2 Å². The zero-order chi connectivity index (χ0) is 20.1. The fraction of sp³-hybridized carbons (Fsp3) is 0.105. The third-order valence-corrected chi connectivity index (χ3v) is 5.68. The molecular weight excluding hydrogens is 584 g/mol. The standard InChI is InChI=1S/C19H17I2N5O2/c20-8-11-2-1-3-14(7-11)24-19-16(17(22)28)18(25-26-19)23-10-13-6-12(9-21)4-5-15(13)27/h1-7,10,27H,8-9H2,(H2,22,28)(H2,24,25,26). The van der Waals surface area contributed by atoms with E-state index in [1.807, 2.05) is 36.4 Å². The van der Waals surface area contributed by atoms with E-state index in [1.165, 1.54) is 6.21 Å². The van der Waals surface area contributed by atoms with Crippen molar-refractivity contribution < 1.29 is 9.90 Å². The number of aromatic amines is 1. The topological polar surface area (TPSA) is 116 Å². The Labute approximate surface area is 189 Å². The van der Waals surface area contributed by atoms with Crippen molar-refractivity contribution >= 4 is 74.6 Å². The molecule has 0 aliphatic rings. The molecule has 28 heavy (non-hydrogen) atoms. The maximum atomic E-state index is 12.0. The molecule has 0 spiro atoms. The summed E-state index contributed by atoms with van der Waals surface area (Å²) in [6, 6.07) is 13.1. The molecule has 1 heterocycles. The molecule has 0 atom stereocenters. The van der Waals surface area contributed by atoms with E-state index in [0.717, 1.165) is 25.7 Å². The van der Waals surface area contributed by atoms with Gasteiger partial charge >= 0.3 is 0 Å². The van der Waals surface area contributed by atoms with Crippen LogP contribution in [0.2, 0.25) is 0 Å². The molecule has 5 N–H and O–H groups in total. The first-order valence-corrected chi connectivity index (χ1v) is 11.3.